The number of aryl methyl sites for hydroxylation is 2. The van der Waals surface area contributed by atoms with E-state index in [-0.39, 0.29) is 5.91 Å². The Hall–Kier alpha value is -2.82. The zero-order chi connectivity index (χ0) is 18.5. The summed E-state index contributed by atoms with van der Waals surface area (Å²) in [6.07, 6.45) is 0.468. The van der Waals surface area contributed by atoms with Gasteiger partial charge >= 0.3 is 0 Å². The highest BCUT2D eigenvalue weighted by Gasteiger charge is 2.12. The summed E-state index contributed by atoms with van der Waals surface area (Å²) in [5.41, 5.74) is 4.26. The molecule has 1 N–H and O–H groups in total. The average Bonchev–Trinajstić information content (AvgIpc) is 3.00. The number of benzene rings is 2. The fourth-order valence-electron chi connectivity index (χ4n) is 3.08. The Morgan fingerprint density at radius 3 is 2.58 bits per heavy atom. The zero-order valence-corrected chi connectivity index (χ0v) is 15.6. The molecule has 3 rings (SSSR count). The number of hydrogen-bond donors (Lipinski definition) is 1. The first-order valence-corrected chi connectivity index (χ1v) is 9.00. The number of imidazole rings is 1. The molecule has 0 bridgehead atoms. The molecule has 0 unspecified atom stereocenters. The van der Waals surface area contributed by atoms with Gasteiger partial charge in [0.05, 0.1) is 24.1 Å². The van der Waals surface area contributed by atoms with Crippen molar-refractivity contribution in [3.63, 3.8) is 0 Å². The second-order valence-electron chi connectivity index (χ2n) is 6.37. The van der Waals surface area contributed by atoms with Crippen molar-refractivity contribution in [2.75, 3.05) is 6.61 Å². The van der Waals surface area contributed by atoms with Crippen molar-refractivity contribution in [1.29, 1.82) is 0 Å². The molecule has 0 aliphatic rings. The molecular weight excluding hydrogens is 326 g/mol. The Morgan fingerprint density at radius 2 is 1.85 bits per heavy atom. The Balaban J connectivity index is 1.78. The van der Waals surface area contributed by atoms with Crippen molar-refractivity contribution < 1.29 is 9.53 Å². The predicted octanol–water partition coefficient (Wildman–Crippen LogP) is 3.76. The lowest BCUT2D eigenvalue weighted by atomic mass is 10.1. The smallest absolute Gasteiger partial charge is 0.220 e. The maximum Gasteiger partial charge on any atom is 0.220 e. The minimum atomic E-state index is 0.0235. The molecule has 26 heavy (non-hydrogen) atoms. The summed E-state index contributed by atoms with van der Waals surface area (Å²) >= 11 is 0. The highest BCUT2D eigenvalue weighted by molar-refractivity contribution is 5.77. The van der Waals surface area contributed by atoms with E-state index >= 15 is 0 Å². The molecule has 1 amide bonds. The fourth-order valence-corrected chi connectivity index (χ4v) is 3.08. The van der Waals surface area contributed by atoms with Crippen LogP contribution < -0.4 is 10.1 Å². The number of fused-ring (bicyclic) bond motifs is 1. The van der Waals surface area contributed by atoms with Gasteiger partial charge in [-0.05, 0) is 37.1 Å². The maximum absolute atomic E-state index is 11.6. The number of hydrogen-bond acceptors (Lipinski definition) is 3. The van der Waals surface area contributed by atoms with Crippen LogP contribution in [0, 0.1) is 13.8 Å². The summed E-state index contributed by atoms with van der Waals surface area (Å²) in [6.45, 7) is 7.59. The molecule has 5 heteroatoms. The number of nitrogens with one attached hydrogen (secondary N) is 1. The Kier molecular flexibility index (Phi) is 5.56. The lowest BCUT2D eigenvalue weighted by Gasteiger charge is -2.14. The van der Waals surface area contributed by atoms with Crippen LogP contribution in [0.4, 0.5) is 0 Å². The van der Waals surface area contributed by atoms with Crippen LogP contribution in [-0.2, 0) is 17.9 Å². The van der Waals surface area contributed by atoms with Gasteiger partial charge in [0, 0.05) is 6.42 Å². The number of amides is 1. The van der Waals surface area contributed by atoms with Crippen molar-refractivity contribution in [3.8, 4) is 5.75 Å². The van der Waals surface area contributed by atoms with E-state index in [1.54, 1.807) is 0 Å². The Labute approximate surface area is 154 Å². The van der Waals surface area contributed by atoms with E-state index in [1.807, 2.05) is 37.3 Å². The van der Waals surface area contributed by atoms with Crippen LogP contribution in [0.15, 0.2) is 42.5 Å². The molecule has 0 saturated heterocycles. The van der Waals surface area contributed by atoms with E-state index in [1.165, 1.54) is 0 Å². The minimum Gasteiger partial charge on any atom is -0.491 e. The normalized spacial score (nSPS) is 10.9. The van der Waals surface area contributed by atoms with Gasteiger partial charge in [-0.25, -0.2) is 4.98 Å². The molecule has 3 aromatic rings. The van der Waals surface area contributed by atoms with Gasteiger partial charge in [0.1, 0.15) is 18.2 Å². The van der Waals surface area contributed by atoms with E-state index < -0.39 is 0 Å². The van der Waals surface area contributed by atoms with Crippen molar-refractivity contribution in [2.24, 2.45) is 0 Å². The number of nitrogens with zero attached hydrogens (tertiary/aromatic N) is 2. The minimum absolute atomic E-state index is 0.0235. The summed E-state index contributed by atoms with van der Waals surface area (Å²) in [7, 11) is 0. The standard InChI is InChI=1S/C21H25N3O2/c1-4-20(25)22-14-19-23-17-10-5-6-11-18(17)24(19)12-13-26-21-15(2)8-7-9-16(21)3/h5-11H,4,12-14H2,1-3H3,(H,22,25). The lowest BCUT2D eigenvalue weighted by molar-refractivity contribution is -0.120. The monoisotopic (exact) mass is 351 g/mol. The molecular formula is C21H25N3O2. The van der Waals surface area contributed by atoms with Gasteiger partial charge in [0.15, 0.2) is 0 Å². The quantitative estimate of drug-likeness (QED) is 0.705. The summed E-state index contributed by atoms with van der Waals surface area (Å²) < 4.78 is 8.18. The number of aromatic nitrogens is 2. The lowest BCUT2D eigenvalue weighted by Crippen LogP contribution is -2.24. The largest absolute Gasteiger partial charge is 0.491 e. The molecule has 0 saturated carbocycles. The van der Waals surface area contributed by atoms with Crippen molar-refractivity contribution >= 4 is 16.9 Å². The van der Waals surface area contributed by atoms with Crippen molar-refractivity contribution in [3.05, 3.63) is 59.4 Å². The highest BCUT2D eigenvalue weighted by atomic mass is 16.5. The Morgan fingerprint density at radius 1 is 1.12 bits per heavy atom. The van der Waals surface area contributed by atoms with Gasteiger partial charge in [0.25, 0.3) is 0 Å². The molecule has 0 radical (unpaired) electrons. The van der Waals surface area contributed by atoms with Crippen LogP contribution in [0.1, 0.15) is 30.3 Å². The number of para-hydroxylation sites is 3. The third-order valence-corrected chi connectivity index (χ3v) is 4.47. The first-order chi connectivity index (χ1) is 12.6. The molecule has 0 atom stereocenters. The zero-order valence-electron chi connectivity index (χ0n) is 15.6. The van der Waals surface area contributed by atoms with E-state index in [9.17, 15) is 4.79 Å². The third-order valence-electron chi connectivity index (χ3n) is 4.47. The molecule has 136 valence electrons. The molecule has 5 nitrogen and oxygen atoms in total. The van der Waals surface area contributed by atoms with Gasteiger partial charge in [-0.3, -0.25) is 4.79 Å². The molecule has 0 aliphatic carbocycles. The molecule has 0 fully saturated rings. The summed E-state index contributed by atoms with van der Waals surface area (Å²) in [5.74, 6) is 1.81. The molecule has 0 spiro atoms. The first kappa shape index (κ1) is 18.0. The molecule has 1 heterocycles. The number of carbonyl (C=O) groups excluding carboxylic acids is 1. The van der Waals surface area contributed by atoms with Gasteiger partial charge in [-0.1, -0.05) is 37.3 Å². The van der Waals surface area contributed by atoms with Gasteiger partial charge in [-0.15, -0.1) is 0 Å². The average molecular weight is 351 g/mol. The molecule has 1 aromatic heterocycles. The summed E-state index contributed by atoms with van der Waals surface area (Å²) in [4.78, 5) is 16.3. The van der Waals surface area contributed by atoms with Crippen molar-refractivity contribution in [2.45, 2.75) is 40.3 Å². The van der Waals surface area contributed by atoms with Crippen LogP contribution in [-0.4, -0.2) is 22.1 Å². The second kappa shape index (κ2) is 8.04. The molecule has 2 aromatic carbocycles. The van der Waals surface area contributed by atoms with E-state index in [0.29, 0.717) is 26.1 Å². The maximum atomic E-state index is 11.6. The van der Waals surface area contributed by atoms with Gasteiger partial charge in [-0.2, -0.15) is 0 Å². The first-order valence-electron chi connectivity index (χ1n) is 9.00. The van der Waals surface area contributed by atoms with Crippen LogP contribution >= 0.6 is 0 Å². The van der Waals surface area contributed by atoms with Crippen LogP contribution in [0.2, 0.25) is 0 Å². The Bertz CT molecular complexity index is 895. The van der Waals surface area contributed by atoms with Crippen LogP contribution in [0.25, 0.3) is 11.0 Å². The number of rotatable bonds is 7. The number of carbonyl (C=O) groups is 1. The third kappa shape index (κ3) is 3.87. The fraction of sp³-hybridized carbons (Fsp3) is 0.333. The highest BCUT2D eigenvalue weighted by Crippen LogP contribution is 2.23. The van der Waals surface area contributed by atoms with E-state index in [2.05, 4.69) is 40.8 Å². The predicted molar refractivity (Wildman–Crippen MR) is 103 cm³/mol. The van der Waals surface area contributed by atoms with E-state index in [0.717, 1.165) is 33.7 Å². The van der Waals surface area contributed by atoms with Gasteiger partial charge < -0.3 is 14.6 Å². The molecule has 0 aliphatic heterocycles. The SMILES string of the molecule is CCC(=O)NCc1nc2ccccc2n1CCOc1c(C)cccc1C. The van der Waals surface area contributed by atoms with Crippen LogP contribution in [0.3, 0.4) is 0 Å². The second-order valence-corrected chi connectivity index (χ2v) is 6.37. The van der Waals surface area contributed by atoms with Crippen LogP contribution in [0.5, 0.6) is 5.75 Å². The van der Waals surface area contributed by atoms with E-state index in [4.69, 9.17) is 4.74 Å². The number of ether oxygens (including phenoxy) is 1. The summed E-state index contributed by atoms with van der Waals surface area (Å²) in [5, 5.41) is 2.91. The summed E-state index contributed by atoms with van der Waals surface area (Å²) in [6, 6.07) is 14.2. The topological polar surface area (TPSA) is 56.2 Å². The van der Waals surface area contributed by atoms with Gasteiger partial charge in [0.2, 0.25) is 5.91 Å². The van der Waals surface area contributed by atoms with Crippen molar-refractivity contribution in [1.82, 2.24) is 14.9 Å².